The van der Waals surface area contributed by atoms with Gasteiger partial charge in [0.15, 0.2) is 0 Å². The highest BCUT2D eigenvalue weighted by Gasteiger charge is 2.27. The predicted molar refractivity (Wildman–Crippen MR) is 48.3 cm³/mol. The molecule has 0 nitrogen and oxygen atoms in total. The molecule has 2 unspecified atom stereocenters. The Morgan fingerprint density at radius 3 is 2.64 bits per heavy atom. The number of allylic oxidation sites excluding steroid dienone is 6. The maximum absolute atomic E-state index is 2.34. The fourth-order valence-electron chi connectivity index (χ4n) is 2.11. The molecule has 2 aliphatic rings. The van der Waals surface area contributed by atoms with Crippen LogP contribution in [0.5, 0.6) is 0 Å². The van der Waals surface area contributed by atoms with Crippen LogP contribution in [-0.4, -0.2) is 0 Å². The molecule has 11 heavy (non-hydrogen) atoms. The van der Waals surface area contributed by atoms with Crippen LogP contribution >= 0.6 is 0 Å². The molecule has 0 spiro atoms. The van der Waals surface area contributed by atoms with Gasteiger partial charge in [-0.05, 0) is 26.2 Å². The molecular weight excluding hydrogens is 132 g/mol. The normalized spacial score (nSPS) is 34.7. The predicted octanol–water partition coefficient (Wildman–Crippen LogP) is 3.08. The molecule has 0 N–H and O–H groups in total. The molecule has 0 aromatic heterocycles. The van der Waals surface area contributed by atoms with Crippen molar-refractivity contribution in [1.29, 1.82) is 0 Å². The van der Waals surface area contributed by atoms with Gasteiger partial charge >= 0.3 is 0 Å². The molecule has 58 valence electrons. The van der Waals surface area contributed by atoms with Crippen molar-refractivity contribution in [3.8, 4) is 0 Å². The Morgan fingerprint density at radius 2 is 1.91 bits per heavy atom. The second-order valence-electron chi connectivity index (χ2n) is 3.63. The van der Waals surface area contributed by atoms with Gasteiger partial charge in [-0.25, -0.2) is 0 Å². The summed E-state index contributed by atoms with van der Waals surface area (Å²) in [6.45, 7) is 4.53. The van der Waals surface area contributed by atoms with E-state index in [0.717, 1.165) is 11.8 Å². The summed E-state index contributed by atoms with van der Waals surface area (Å²) in [4.78, 5) is 0. The zero-order valence-corrected chi connectivity index (χ0v) is 7.17. The first-order valence-electron chi connectivity index (χ1n) is 4.30. The Morgan fingerprint density at radius 1 is 1.18 bits per heavy atom. The van der Waals surface area contributed by atoms with Crippen LogP contribution in [0.4, 0.5) is 0 Å². The monoisotopic (exact) mass is 146 g/mol. The molecule has 0 bridgehead atoms. The van der Waals surface area contributed by atoms with Crippen molar-refractivity contribution in [2.75, 3.05) is 0 Å². The Hall–Kier alpha value is -0.780. The minimum atomic E-state index is 0.722. The molecule has 0 radical (unpaired) electrons. The first kappa shape index (κ1) is 6.90. The van der Waals surface area contributed by atoms with E-state index in [1.165, 1.54) is 6.42 Å². The third-order valence-corrected chi connectivity index (χ3v) is 2.96. The lowest BCUT2D eigenvalue weighted by Gasteiger charge is -2.16. The van der Waals surface area contributed by atoms with Gasteiger partial charge in [-0.3, -0.25) is 0 Å². The third kappa shape index (κ3) is 0.973. The van der Waals surface area contributed by atoms with Gasteiger partial charge in [0, 0.05) is 5.92 Å². The number of hydrogen-bond donors (Lipinski definition) is 0. The van der Waals surface area contributed by atoms with Crippen molar-refractivity contribution in [2.24, 2.45) is 11.8 Å². The summed E-state index contributed by atoms with van der Waals surface area (Å²) < 4.78 is 0. The molecule has 0 aromatic carbocycles. The van der Waals surface area contributed by atoms with Crippen LogP contribution in [0.2, 0.25) is 0 Å². The average Bonchev–Trinajstić information content (AvgIpc) is 2.30. The first-order valence-corrected chi connectivity index (χ1v) is 4.30. The second kappa shape index (κ2) is 2.37. The number of rotatable bonds is 0. The molecule has 0 heteroatoms. The van der Waals surface area contributed by atoms with Crippen LogP contribution in [0, 0.1) is 11.8 Å². The lowest BCUT2D eigenvalue weighted by atomic mass is 9.88. The molecule has 0 heterocycles. The van der Waals surface area contributed by atoms with Crippen LogP contribution < -0.4 is 0 Å². The maximum atomic E-state index is 2.34. The van der Waals surface area contributed by atoms with Gasteiger partial charge in [0.2, 0.25) is 0 Å². The minimum Gasteiger partial charge on any atom is -0.0802 e. The standard InChI is InChI=1S/C11H14/c1-8-7-10-5-3-4-6-11(10)9(8)2/h3-6,10-11H,7H2,1-2H3. The van der Waals surface area contributed by atoms with E-state index in [1.807, 2.05) is 0 Å². The van der Waals surface area contributed by atoms with Gasteiger partial charge in [-0.2, -0.15) is 0 Å². The minimum absolute atomic E-state index is 0.722. The van der Waals surface area contributed by atoms with Gasteiger partial charge < -0.3 is 0 Å². The first-order chi connectivity index (χ1) is 5.29. The van der Waals surface area contributed by atoms with E-state index in [2.05, 4.69) is 38.2 Å². The lowest BCUT2D eigenvalue weighted by molar-refractivity contribution is 0.574. The van der Waals surface area contributed by atoms with Crippen LogP contribution in [0.1, 0.15) is 20.3 Å². The molecule has 0 fully saturated rings. The van der Waals surface area contributed by atoms with Crippen molar-refractivity contribution < 1.29 is 0 Å². The van der Waals surface area contributed by atoms with Crippen molar-refractivity contribution in [3.63, 3.8) is 0 Å². The summed E-state index contributed by atoms with van der Waals surface area (Å²) in [5, 5.41) is 0. The van der Waals surface area contributed by atoms with E-state index < -0.39 is 0 Å². The molecule has 0 saturated heterocycles. The highest BCUT2D eigenvalue weighted by atomic mass is 14.3. The van der Waals surface area contributed by atoms with Crippen molar-refractivity contribution in [3.05, 3.63) is 35.5 Å². The highest BCUT2D eigenvalue weighted by Crippen LogP contribution is 2.39. The maximum Gasteiger partial charge on any atom is 0.00457 e. The SMILES string of the molecule is CC1=C(C)C2C=CC=CC2C1. The molecule has 0 aliphatic heterocycles. The fourth-order valence-corrected chi connectivity index (χ4v) is 2.11. The Balaban J connectivity index is 2.32. The van der Waals surface area contributed by atoms with E-state index in [-0.39, 0.29) is 0 Å². The molecule has 0 saturated carbocycles. The largest absolute Gasteiger partial charge is 0.0802 e. The second-order valence-corrected chi connectivity index (χ2v) is 3.63. The van der Waals surface area contributed by atoms with Gasteiger partial charge in [0.05, 0.1) is 0 Å². The smallest absolute Gasteiger partial charge is 0.00457 e. The summed E-state index contributed by atoms with van der Waals surface area (Å²) in [7, 11) is 0. The molecule has 2 aliphatic carbocycles. The number of hydrogen-bond acceptors (Lipinski definition) is 0. The summed E-state index contributed by atoms with van der Waals surface area (Å²) >= 11 is 0. The van der Waals surface area contributed by atoms with Gasteiger partial charge in [0.1, 0.15) is 0 Å². The summed E-state index contributed by atoms with van der Waals surface area (Å²) in [6.07, 6.45) is 10.3. The van der Waals surface area contributed by atoms with Crippen molar-refractivity contribution >= 4 is 0 Å². The summed E-state index contributed by atoms with van der Waals surface area (Å²) in [5.74, 6) is 1.50. The lowest BCUT2D eigenvalue weighted by Crippen LogP contribution is -2.06. The fraction of sp³-hybridized carbons (Fsp3) is 0.455. The van der Waals surface area contributed by atoms with E-state index in [1.54, 1.807) is 11.1 Å². The van der Waals surface area contributed by atoms with Crippen molar-refractivity contribution in [1.82, 2.24) is 0 Å². The molecule has 2 rings (SSSR count). The zero-order chi connectivity index (χ0) is 7.84. The van der Waals surface area contributed by atoms with Crippen LogP contribution in [0.3, 0.4) is 0 Å². The Labute approximate surface area is 68.3 Å². The Bertz CT molecular complexity index is 253. The Kier molecular flexibility index (Phi) is 1.49. The average molecular weight is 146 g/mol. The molecular formula is C11H14. The van der Waals surface area contributed by atoms with Crippen LogP contribution in [0.25, 0.3) is 0 Å². The van der Waals surface area contributed by atoms with Gasteiger partial charge in [-0.1, -0.05) is 35.5 Å². The van der Waals surface area contributed by atoms with Crippen molar-refractivity contribution in [2.45, 2.75) is 20.3 Å². The van der Waals surface area contributed by atoms with Crippen LogP contribution in [0.15, 0.2) is 35.5 Å². The van der Waals surface area contributed by atoms with E-state index in [9.17, 15) is 0 Å². The molecule has 0 aromatic rings. The summed E-state index contributed by atoms with van der Waals surface area (Å²) in [6, 6.07) is 0. The van der Waals surface area contributed by atoms with Crippen LogP contribution in [-0.2, 0) is 0 Å². The molecule has 2 atom stereocenters. The van der Waals surface area contributed by atoms with Gasteiger partial charge in [0.25, 0.3) is 0 Å². The van der Waals surface area contributed by atoms with E-state index in [4.69, 9.17) is 0 Å². The van der Waals surface area contributed by atoms with E-state index in [0.29, 0.717) is 0 Å². The highest BCUT2D eigenvalue weighted by molar-refractivity contribution is 5.32. The zero-order valence-electron chi connectivity index (χ0n) is 7.17. The van der Waals surface area contributed by atoms with E-state index >= 15 is 0 Å². The molecule has 0 amide bonds. The topological polar surface area (TPSA) is 0 Å². The summed E-state index contributed by atoms with van der Waals surface area (Å²) in [5.41, 5.74) is 3.19. The quantitative estimate of drug-likeness (QED) is 0.461. The van der Waals surface area contributed by atoms with Gasteiger partial charge in [-0.15, -0.1) is 0 Å². The third-order valence-electron chi connectivity index (χ3n) is 2.96. The number of fused-ring (bicyclic) bond motifs is 1.